The number of carbonyl (C=O) groups excluding carboxylic acids is 2. The average Bonchev–Trinajstić information content (AvgIpc) is 3.05. The summed E-state index contributed by atoms with van der Waals surface area (Å²) in [5, 5.41) is 9.15. The maximum atomic E-state index is 12.3. The first kappa shape index (κ1) is 17.9. The van der Waals surface area contributed by atoms with Crippen molar-refractivity contribution in [3.05, 3.63) is 35.9 Å². The number of hydrogen-bond donors (Lipinski definition) is 2. The lowest BCUT2D eigenvalue weighted by molar-refractivity contribution is -0.150. The molecule has 1 aliphatic carbocycles. The summed E-state index contributed by atoms with van der Waals surface area (Å²) in [4.78, 5) is 41.7. The van der Waals surface area contributed by atoms with Gasteiger partial charge in [0.05, 0.1) is 18.4 Å². The minimum Gasteiger partial charge on any atom is -0.481 e. The van der Waals surface area contributed by atoms with E-state index < -0.39 is 23.7 Å². The number of benzene rings is 1. The lowest BCUT2D eigenvalue weighted by Crippen LogP contribution is -2.42. The summed E-state index contributed by atoms with van der Waals surface area (Å²) in [6.45, 7) is 0.0599. The van der Waals surface area contributed by atoms with E-state index in [-0.39, 0.29) is 19.1 Å². The van der Waals surface area contributed by atoms with Gasteiger partial charge in [-0.15, -0.1) is 0 Å². The van der Waals surface area contributed by atoms with Crippen LogP contribution in [-0.4, -0.2) is 41.4 Å². The van der Waals surface area contributed by atoms with Crippen LogP contribution in [0.4, 0.5) is 0 Å². The maximum Gasteiger partial charge on any atom is 0.307 e. The van der Waals surface area contributed by atoms with Gasteiger partial charge in [-0.3, -0.25) is 19.2 Å². The predicted octanol–water partition coefficient (Wildman–Crippen LogP) is 1.19. The molecule has 2 N–H and O–H groups in total. The molecule has 1 fully saturated rings. The quantitative estimate of drug-likeness (QED) is 0.730. The predicted molar refractivity (Wildman–Crippen MR) is 85.5 cm³/mol. The second-order valence-electron chi connectivity index (χ2n) is 5.98. The Hall–Kier alpha value is -2.41. The number of hydrogen-bond acceptors (Lipinski definition) is 4. The molecular weight excluding hydrogens is 312 g/mol. The first-order chi connectivity index (χ1) is 11.5. The van der Waals surface area contributed by atoms with E-state index in [4.69, 9.17) is 9.94 Å². The number of rotatable bonds is 7. The molecule has 24 heavy (non-hydrogen) atoms. The molecule has 1 saturated carbocycles. The van der Waals surface area contributed by atoms with E-state index in [2.05, 4.69) is 5.48 Å². The first-order valence-corrected chi connectivity index (χ1v) is 7.91. The highest BCUT2D eigenvalue weighted by atomic mass is 16.6. The van der Waals surface area contributed by atoms with Gasteiger partial charge in [0, 0.05) is 7.05 Å². The summed E-state index contributed by atoms with van der Waals surface area (Å²) in [5.41, 5.74) is 3.21. The van der Waals surface area contributed by atoms with Crippen molar-refractivity contribution >= 4 is 17.8 Å². The van der Waals surface area contributed by atoms with Crippen molar-refractivity contribution < 1.29 is 24.3 Å². The van der Waals surface area contributed by atoms with E-state index in [1.54, 1.807) is 0 Å². The summed E-state index contributed by atoms with van der Waals surface area (Å²) < 4.78 is 0. The zero-order chi connectivity index (χ0) is 17.5. The topological polar surface area (TPSA) is 95.9 Å². The van der Waals surface area contributed by atoms with Crippen molar-refractivity contribution in [2.45, 2.75) is 25.9 Å². The third kappa shape index (κ3) is 4.79. The third-order valence-corrected chi connectivity index (χ3v) is 4.18. The molecule has 0 aromatic heterocycles. The van der Waals surface area contributed by atoms with Gasteiger partial charge in [0.25, 0.3) is 5.91 Å². The Balaban J connectivity index is 1.76. The van der Waals surface area contributed by atoms with Crippen LogP contribution < -0.4 is 5.48 Å². The highest BCUT2D eigenvalue weighted by molar-refractivity contribution is 5.88. The van der Waals surface area contributed by atoms with E-state index in [0.717, 1.165) is 5.56 Å². The molecule has 7 heteroatoms. The first-order valence-electron chi connectivity index (χ1n) is 7.91. The summed E-state index contributed by atoms with van der Waals surface area (Å²) >= 11 is 0. The second-order valence-corrected chi connectivity index (χ2v) is 5.98. The zero-order valence-corrected chi connectivity index (χ0v) is 13.6. The molecule has 1 aliphatic rings. The number of nitrogens with one attached hydrogen (secondary N) is 1. The van der Waals surface area contributed by atoms with Gasteiger partial charge in [0.15, 0.2) is 0 Å². The zero-order valence-electron chi connectivity index (χ0n) is 13.6. The Morgan fingerprint density at radius 3 is 2.54 bits per heavy atom. The molecule has 2 amide bonds. The van der Waals surface area contributed by atoms with Gasteiger partial charge in [-0.1, -0.05) is 36.8 Å². The molecular formula is C17H22N2O5. The smallest absolute Gasteiger partial charge is 0.307 e. The van der Waals surface area contributed by atoms with Crippen molar-refractivity contribution in [1.29, 1.82) is 0 Å². The van der Waals surface area contributed by atoms with Gasteiger partial charge in [-0.25, -0.2) is 5.48 Å². The van der Waals surface area contributed by atoms with Crippen LogP contribution in [0.3, 0.4) is 0 Å². The number of likely N-dealkylation sites (N-methyl/N-ethyl adjacent to an activating group) is 1. The Kier molecular flexibility index (Phi) is 6.31. The van der Waals surface area contributed by atoms with Crippen molar-refractivity contribution in [3.8, 4) is 0 Å². The monoisotopic (exact) mass is 334 g/mol. The van der Waals surface area contributed by atoms with Crippen LogP contribution in [-0.2, 0) is 25.8 Å². The standard InChI is InChI=1S/C17H22N2O5/c1-19(16(21)13-8-5-9-14(13)17(22)23)10-15(20)18-24-11-12-6-3-2-4-7-12/h2-4,6-7,13-14H,5,8-11H2,1H3,(H,18,20)(H,22,23)/t13-,14-/m1/s1. The highest BCUT2D eigenvalue weighted by Crippen LogP contribution is 2.33. The molecule has 0 spiro atoms. The maximum absolute atomic E-state index is 12.3. The number of hydroxylamine groups is 1. The van der Waals surface area contributed by atoms with Crippen LogP contribution in [0.2, 0.25) is 0 Å². The van der Waals surface area contributed by atoms with Crippen LogP contribution in [0.1, 0.15) is 24.8 Å². The summed E-state index contributed by atoms with van der Waals surface area (Å²) in [5.74, 6) is -2.91. The largest absolute Gasteiger partial charge is 0.481 e. The van der Waals surface area contributed by atoms with Crippen molar-refractivity contribution in [2.24, 2.45) is 11.8 Å². The normalized spacial score (nSPS) is 19.7. The Labute approximate surface area is 140 Å². The van der Waals surface area contributed by atoms with E-state index in [9.17, 15) is 14.4 Å². The molecule has 1 aromatic carbocycles. The molecule has 130 valence electrons. The lowest BCUT2D eigenvalue weighted by atomic mass is 9.95. The molecule has 2 atom stereocenters. The van der Waals surface area contributed by atoms with Crippen LogP contribution in [0.15, 0.2) is 30.3 Å². The molecule has 0 unspecified atom stereocenters. The number of carboxylic acids is 1. The number of carboxylic acid groups (broad SMARTS) is 1. The minimum atomic E-state index is -0.949. The Bertz CT molecular complexity index is 590. The fraction of sp³-hybridized carbons (Fsp3) is 0.471. The molecule has 2 rings (SSSR count). The number of amides is 2. The molecule has 0 heterocycles. The SMILES string of the molecule is CN(CC(=O)NOCc1ccccc1)C(=O)[C@@H]1CCC[C@H]1C(=O)O. The molecule has 1 aromatic rings. The van der Waals surface area contributed by atoms with E-state index in [1.165, 1.54) is 11.9 Å². The van der Waals surface area contributed by atoms with E-state index in [1.807, 2.05) is 30.3 Å². The molecule has 0 aliphatic heterocycles. The van der Waals surface area contributed by atoms with Gasteiger partial charge in [0.1, 0.15) is 6.54 Å². The molecule has 0 bridgehead atoms. The van der Waals surface area contributed by atoms with Gasteiger partial charge in [-0.05, 0) is 18.4 Å². The van der Waals surface area contributed by atoms with Gasteiger partial charge >= 0.3 is 5.97 Å². The lowest BCUT2D eigenvalue weighted by Gasteiger charge is -2.22. The Morgan fingerprint density at radius 1 is 1.21 bits per heavy atom. The van der Waals surface area contributed by atoms with Crippen molar-refractivity contribution in [3.63, 3.8) is 0 Å². The van der Waals surface area contributed by atoms with Crippen LogP contribution in [0.25, 0.3) is 0 Å². The van der Waals surface area contributed by atoms with Crippen LogP contribution in [0, 0.1) is 11.8 Å². The minimum absolute atomic E-state index is 0.170. The number of carbonyl (C=O) groups is 3. The molecule has 0 saturated heterocycles. The van der Waals surface area contributed by atoms with Gasteiger partial charge in [0.2, 0.25) is 5.91 Å². The van der Waals surface area contributed by atoms with Crippen LogP contribution >= 0.6 is 0 Å². The number of nitrogens with zero attached hydrogens (tertiary/aromatic N) is 1. The van der Waals surface area contributed by atoms with Crippen molar-refractivity contribution in [2.75, 3.05) is 13.6 Å². The van der Waals surface area contributed by atoms with E-state index in [0.29, 0.717) is 19.3 Å². The average molecular weight is 334 g/mol. The van der Waals surface area contributed by atoms with E-state index >= 15 is 0 Å². The van der Waals surface area contributed by atoms with Gasteiger partial charge in [-0.2, -0.15) is 0 Å². The fourth-order valence-electron chi connectivity index (χ4n) is 2.93. The molecule has 7 nitrogen and oxygen atoms in total. The third-order valence-electron chi connectivity index (χ3n) is 4.18. The van der Waals surface area contributed by atoms with Crippen LogP contribution in [0.5, 0.6) is 0 Å². The fourth-order valence-corrected chi connectivity index (χ4v) is 2.93. The highest BCUT2D eigenvalue weighted by Gasteiger charge is 2.39. The van der Waals surface area contributed by atoms with Gasteiger partial charge < -0.3 is 10.0 Å². The second kappa shape index (κ2) is 8.44. The Morgan fingerprint density at radius 2 is 1.88 bits per heavy atom. The molecule has 0 radical (unpaired) electrons. The van der Waals surface area contributed by atoms with Crippen molar-refractivity contribution in [1.82, 2.24) is 10.4 Å². The summed E-state index contributed by atoms with van der Waals surface area (Å²) in [6, 6.07) is 9.36. The summed E-state index contributed by atoms with van der Waals surface area (Å²) in [7, 11) is 1.50. The number of aliphatic carboxylic acids is 1. The summed E-state index contributed by atoms with van der Waals surface area (Å²) in [6.07, 6.45) is 1.77.